The molecule has 3 aromatic rings. The van der Waals surface area contributed by atoms with Crippen molar-refractivity contribution in [2.45, 2.75) is 12.8 Å². The van der Waals surface area contributed by atoms with E-state index in [1.807, 2.05) is 60.7 Å². The van der Waals surface area contributed by atoms with Gasteiger partial charge in [0.05, 0.1) is 30.2 Å². The monoisotopic (exact) mass is 575 g/mol. The summed E-state index contributed by atoms with van der Waals surface area (Å²) in [5.41, 5.74) is 9.43. The lowest BCUT2D eigenvalue weighted by Crippen LogP contribution is -2.40. The van der Waals surface area contributed by atoms with Gasteiger partial charge in [-0.25, -0.2) is 5.01 Å². The zero-order valence-corrected chi connectivity index (χ0v) is 21.1. The summed E-state index contributed by atoms with van der Waals surface area (Å²) in [6, 6.07) is 27.2. The molecule has 8 heteroatoms. The summed E-state index contributed by atoms with van der Waals surface area (Å²) in [7, 11) is 1.56. The number of benzene rings is 3. The van der Waals surface area contributed by atoms with Crippen molar-refractivity contribution in [1.29, 1.82) is 10.5 Å². The summed E-state index contributed by atoms with van der Waals surface area (Å²) in [4.78, 5) is 0. The molecule has 1 aliphatic rings. The van der Waals surface area contributed by atoms with Crippen LogP contribution in [-0.4, -0.2) is 19.0 Å². The Labute approximate surface area is 217 Å². The van der Waals surface area contributed by atoms with Crippen LogP contribution in [0.3, 0.4) is 0 Å². The van der Waals surface area contributed by atoms with Crippen molar-refractivity contribution in [3.63, 3.8) is 0 Å². The molecule has 35 heavy (non-hydrogen) atoms. The molecule has 0 fully saturated rings. The summed E-state index contributed by atoms with van der Waals surface area (Å²) in [6.45, 7) is 0.403. The van der Waals surface area contributed by atoms with Gasteiger partial charge in [0.25, 0.3) is 0 Å². The molecule has 0 aromatic heterocycles. The topological polar surface area (TPSA) is 108 Å². The molecule has 1 aliphatic heterocycles. The number of methoxy groups -OCH3 is 1. The van der Waals surface area contributed by atoms with Crippen LogP contribution in [0, 0.1) is 32.2 Å². The molecule has 0 unspecified atom stereocenters. The number of hydrogen-bond donors (Lipinski definition) is 1. The van der Waals surface area contributed by atoms with Gasteiger partial charge < -0.3 is 15.2 Å². The summed E-state index contributed by atoms with van der Waals surface area (Å²) < 4.78 is 12.6. The van der Waals surface area contributed by atoms with E-state index in [2.05, 4.69) is 39.8 Å². The lowest BCUT2D eigenvalue weighted by atomic mass is 9.95. The fourth-order valence-electron chi connectivity index (χ4n) is 3.68. The Kier molecular flexibility index (Phi) is 7.66. The highest BCUT2D eigenvalue weighted by Gasteiger charge is 2.37. The van der Waals surface area contributed by atoms with Gasteiger partial charge >= 0.3 is 0 Å². The number of allylic oxidation sites excluding steroid dienone is 1. The number of hydrogen-bond acceptors (Lipinski definition) is 7. The molecule has 0 saturated carbocycles. The standard InChI is InChI=1S/C27H22IN5O2/c1-34-25-14-19(9-12-24(25)35-17-18-7-10-21(28)11-8-18)13-20(15-29)26-23(16-30)27(31)33(32-26)22-5-3-2-4-6-22/h2-14,23,27H,17,31H2,1H3/b20-13-/t23-,27-/m0/s1. The quantitative estimate of drug-likeness (QED) is 0.311. The van der Waals surface area contributed by atoms with Crippen LogP contribution in [-0.2, 0) is 6.61 Å². The van der Waals surface area contributed by atoms with Crippen LogP contribution in [0.25, 0.3) is 6.08 Å². The van der Waals surface area contributed by atoms with Gasteiger partial charge in [-0.05, 0) is 76.2 Å². The van der Waals surface area contributed by atoms with E-state index in [0.29, 0.717) is 29.4 Å². The van der Waals surface area contributed by atoms with Crippen molar-refractivity contribution in [3.8, 4) is 23.6 Å². The maximum Gasteiger partial charge on any atom is 0.161 e. The van der Waals surface area contributed by atoms with Crippen LogP contribution in [0.5, 0.6) is 11.5 Å². The zero-order chi connectivity index (χ0) is 24.8. The lowest BCUT2D eigenvalue weighted by molar-refractivity contribution is 0.284. The number of halogens is 1. The van der Waals surface area contributed by atoms with E-state index < -0.39 is 12.1 Å². The summed E-state index contributed by atoms with van der Waals surface area (Å²) in [6.07, 6.45) is 0.983. The van der Waals surface area contributed by atoms with Gasteiger partial charge in [0.2, 0.25) is 0 Å². The highest BCUT2D eigenvalue weighted by atomic mass is 127. The largest absolute Gasteiger partial charge is 0.493 e. The van der Waals surface area contributed by atoms with Gasteiger partial charge in [-0.1, -0.05) is 36.4 Å². The van der Waals surface area contributed by atoms with Crippen LogP contribution in [0.4, 0.5) is 5.69 Å². The lowest BCUT2D eigenvalue weighted by Gasteiger charge is -2.21. The maximum absolute atomic E-state index is 9.89. The van der Waals surface area contributed by atoms with Gasteiger partial charge in [0.1, 0.15) is 24.8 Å². The second-order valence-corrected chi connectivity index (χ2v) is 9.00. The Bertz CT molecular complexity index is 1340. The van der Waals surface area contributed by atoms with Crippen molar-refractivity contribution in [1.82, 2.24) is 0 Å². The molecular weight excluding hydrogens is 553 g/mol. The minimum Gasteiger partial charge on any atom is -0.493 e. The third kappa shape index (κ3) is 5.46. The Morgan fingerprint density at radius 2 is 1.83 bits per heavy atom. The molecule has 174 valence electrons. The average molecular weight is 575 g/mol. The van der Waals surface area contributed by atoms with E-state index in [4.69, 9.17) is 15.2 Å². The number of nitrogens with zero attached hydrogens (tertiary/aromatic N) is 4. The van der Waals surface area contributed by atoms with Gasteiger partial charge in [0.15, 0.2) is 11.5 Å². The molecule has 1 heterocycles. The minimum absolute atomic E-state index is 0.264. The molecule has 3 aromatic carbocycles. The number of nitriles is 2. The zero-order valence-electron chi connectivity index (χ0n) is 18.9. The highest BCUT2D eigenvalue weighted by Crippen LogP contribution is 2.32. The number of nitrogens with two attached hydrogens (primary N) is 1. The predicted molar refractivity (Wildman–Crippen MR) is 144 cm³/mol. The molecule has 0 radical (unpaired) electrons. The Hall–Kier alpha value is -3.86. The molecule has 0 spiro atoms. The highest BCUT2D eigenvalue weighted by molar-refractivity contribution is 14.1. The van der Waals surface area contributed by atoms with Crippen molar-refractivity contribution >= 4 is 40.1 Å². The number of anilines is 1. The smallest absolute Gasteiger partial charge is 0.161 e. The second-order valence-electron chi connectivity index (χ2n) is 7.76. The number of hydrazone groups is 1. The van der Waals surface area contributed by atoms with E-state index in [0.717, 1.165) is 14.8 Å². The average Bonchev–Trinajstić information content (AvgIpc) is 3.23. The fraction of sp³-hybridized carbons (Fsp3) is 0.148. The van der Waals surface area contributed by atoms with Crippen molar-refractivity contribution in [2.75, 3.05) is 12.1 Å². The SMILES string of the molecule is COc1cc(/C=C(/C#N)C2=NN(c3ccccc3)[C@H](N)[C@H]2C#N)ccc1OCc1ccc(I)cc1. The molecule has 4 rings (SSSR count). The third-order valence-corrected chi connectivity index (χ3v) is 6.22. The molecule has 2 atom stereocenters. The minimum atomic E-state index is -0.750. The van der Waals surface area contributed by atoms with E-state index in [1.165, 1.54) is 0 Å². The summed E-state index contributed by atoms with van der Waals surface area (Å²) >= 11 is 2.26. The maximum atomic E-state index is 9.89. The second kappa shape index (κ2) is 11.0. The van der Waals surface area contributed by atoms with E-state index in [-0.39, 0.29) is 5.57 Å². The molecule has 7 nitrogen and oxygen atoms in total. The van der Waals surface area contributed by atoms with Crippen LogP contribution in [0.2, 0.25) is 0 Å². The van der Waals surface area contributed by atoms with Gasteiger partial charge in [-0.2, -0.15) is 15.6 Å². The first-order chi connectivity index (χ1) is 17.0. The third-order valence-electron chi connectivity index (χ3n) is 5.50. The van der Waals surface area contributed by atoms with Crippen LogP contribution < -0.4 is 20.2 Å². The molecule has 0 amide bonds. The van der Waals surface area contributed by atoms with E-state index in [9.17, 15) is 10.5 Å². The number of para-hydroxylation sites is 1. The molecule has 0 saturated heterocycles. The number of rotatable bonds is 7. The first kappa shape index (κ1) is 24.3. The molecule has 0 bridgehead atoms. The van der Waals surface area contributed by atoms with E-state index >= 15 is 0 Å². The Balaban J connectivity index is 1.60. The van der Waals surface area contributed by atoms with Crippen molar-refractivity contribution in [2.24, 2.45) is 16.8 Å². The Morgan fingerprint density at radius 3 is 2.49 bits per heavy atom. The molecular formula is C27H22IN5O2. The Morgan fingerprint density at radius 1 is 1.09 bits per heavy atom. The first-order valence-electron chi connectivity index (χ1n) is 10.8. The normalized spacial score (nSPS) is 17.3. The molecule has 0 aliphatic carbocycles. The van der Waals surface area contributed by atoms with Crippen molar-refractivity contribution in [3.05, 3.63) is 93.1 Å². The van der Waals surface area contributed by atoms with E-state index in [1.54, 1.807) is 30.3 Å². The number of ether oxygens (including phenoxy) is 2. The first-order valence-corrected chi connectivity index (χ1v) is 11.9. The fourth-order valence-corrected chi connectivity index (χ4v) is 4.04. The van der Waals surface area contributed by atoms with Gasteiger partial charge in [-0.15, -0.1) is 0 Å². The van der Waals surface area contributed by atoms with Crippen LogP contribution in [0.15, 0.2) is 83.5 Å². The summed E-state index contributed by atoms with van der Waals surface area (Å²) in [5.74, 6) is 0.376. The van der Waals surface area contributed by atoms with Gasteiger partial charge in [0, 0.05) is 3.57 Å². The van der Waals surface area contributed by atoms with Crippen molar-refractivity contribution < 1.29 is 9.47 Å². The molecule has 2 N–H and O–H groups in total. The van der Waals surface area contributed by atoms with Gasteiger partial charge in [-0.3, -0.25) is 0 Å². The summed E-state index contributed by atoms with van der Waals surface area (Å²) in [5, 5.41) is 25.8. The van der Waals surface area contributed by atoms with Crippen LogP contribution >= 0.6 is 22.6 Å². The van der Waals surface area contributed by atoms with Crippen LogP contribution in [0.1, 0.15) is 11.1 Å². The predicted octanol–water partition coefficient (Wildman–Crippen LogP) is 5.09.